The molecular formula is C40H71N13O15S. The summed E-state index contributed by atoms with van der Waals surface area (Å²) in [6.45, 7) is 6.56. The third-order valence-electron chi connectivity index (χ3n) is 9.87. The van der Waals surface area contributed by atoms with Crippen LogP contribution in [0.15, 0.2) is 4.99 Å². The number of nitrogens with zero attached hydrogens (tertiary/aromatic N) is 1. The number of guanidine groups is 1. The molecule has 0 fully saturated rings. The summed E-state index contributed by atoms with van der Waals surface area (Å²) in [4.78, 5) is 145. The van der Waals surface area contributed by atoms with E-state index in [0.29, 0.717) is 5.75 Å². The van der Waals surface area contributed by atoms with Gasteiger partial charge in [-0.25, -0.2) is 4.79 Å². The lowest BCUT2D eigenvalue weighted by atomic mass is 9.99. The van der Waals surface area contributed by atoms with Crippen LogP contribution >= 0.6 is 11.8 Å². The first-order chi connectivity index (χ1) is 32.2. The number of rotatable bonds is 33. The van der Waals surface area contributed by atoms with E-state index >= 15 is 0 Å². The number of carboxylic acids is 2. The van der Waals surface area contributed by atoms with Crippen LogP contribution in [0.2, 0.25) is 0 Å². The van der Waals surface area contributed by atoms with Gasteiger partial charge in [0.1, 0.15) is 54.4 Å². The molecule has 0 bridgehead atoms. The molecule has 9 atom stereocenters. The summed E-state index contributed by atoms with van der Waals surface area (Å²) in [6, 6.07) is -12.3. The summed E-state index contributed by atoms with van der Waals surface area (Å²) in [6.07, 6.45) is 0.730. The maximum Gasteiger partial charge on any atom is 0.328 e. The topological polar surface area (TPSA) is 467 Å². The fourth-order valence-corrected chi connectivity index (χ4v) is 6.27. The van der Waals surface area contributed by atoms with Gasteiger partial charge in [0.05, 0.1) is 19.8 Å². The zero-order chi connectivity index (χ0) is 53.1. The number of thioether (sulfide) groups is 1. The van der Waals surface area contributed by atoms with E-state index in [0.717, 1.165) is 0 Å². The second-order valence-corrected chi connectivity index (χ2v) is 17.4. The van der Waals surface area contributed by atoms with Crippen LogP contribution in [0.1, 0.15) is 73.6 Å². The lowest BCUT2D eigenvalue weighted by molar-refractivity contribution is -0.143. The molecule has 0 aromatic rings. The Bertz CT molecular complexity index is 1820. The minimum Gasteiger partial charge on any atom is -0.481 e. The van der Waals surface area contributed by atoms with Crippen molar-refractivity contribution in [2.24, 2.45) is 34.0 Å². The highest BCUT2D eigenvalue weighted by atomic mass is 32.2. The van der Waals surface area contributed by atoms with Crippen molar-refractivity contribution in [2.45, 2.75) is 128 Å². The van der Waals surface area contributed by atoms with E-state index < -0.39 is 164 Å². The van der Waals surface area contributed by atoms with Crippen LogP contribution in [-0.2, 0) is 52.7 Å². The molecule has 0 aromatic heterocycles. The lowest BCUT2D eigenvalue weighted by Gasteiger charge is -2.28. The van der Waals surface area contributed by atoms with E-state index in [4.69, 9.17) is 22.3 Å². The zero-order valence-corrected chi connectivity index (χ0v) is 40.6. The molecule has 9 amide bonds. The van der Waals surface area contributed by atoms with Crippen molar-refractivity contribution in [3.05, 3.63) is 0 Å². The molecule has 29 heteroatoms. The molecule has 0 heterocycles. The van der Waals surface area contributed by atoms with E-state index in [1.165, 1.54) is 25.6 Å². The van der Waals surface area contributed by atoms with Crippen LogP contribution in [0.3, 0.4) is 0 Å². The fraction of sp³-hybridized carbons (Fsp3) is 0.700. The third-order valence-corrected chi connectivity index (χ3v) is 10.5. The number of aliphatic imine (C=N–C) groups is 1. The summed E-state index contributed by atoms with van der Waals surface area (Å²) in [5.41, 5.74) is 16.2. The van der Waals surface area contributed by atoms with Gasteiger partial charge in [0, 0.05) is 13.0 Å². The zero-order valence-electron chi connectivity index (χ0n) is 39.8. The SMILES string of the molecule is CSCC[C@H](NC(=O)[C@H](C)NC(=O)[C@@H](NC(=O)[C@@H](NC(=O)CNC(=O)[C@H](CCCN=C(N)N)NC(=O)[C@H](CCC(=O)O)NC(=O)[C@H](C)NC(=O)[C@@H](N)CO)C(C)C)C(C)C)C(=O)N[C@@H](CO)C(=O)O. The van der Waals surface area contributed by atoms with Crippen LogP contribution in [0.5, 0.6) is 0 Å². The molecule has 0 aliphatic carbocycles. The van der Waals surface area contributed by atoms with E-state index in [-0.39, 0.29) is 31.8 Å². The fourth-order valence-electron chi connectivity index (χ4n) is 5.80. The number of nitrogens with two attached hydrogens (primary N) is 3. The molecule has 0 radical (unpaired) electrons. The average molecular weight is 1010 g/mol. The average Bonchev–Trinajstić information content (AvgIpc) is 3.27. The number of aliphatic carboxylic acids is 2. The van der Waals surface area contributed by atoms with Gasteiger partial charge >= 0.3 is 11.9 Å². The van der Waals surface area contributed by atoms with E-state index in [1.54, 1.807) is 34.0 Å². The standard InChI is InChI=1S/C40H71N13O15S/c1-18(2)29(38(66)53-30(19(3)4)37(65)47-21(6)32(60)49-25(12-14-69-7)36(64)51-26(17-55)39(67)68)52-27(56)15-45-34(62)23(9-8-13-44-40(42)43)50-35(63)24(10-11-28(57)58)48-31(59)20(5)46-33(61)22(41)16-54/h18-26,29-30,54-55H,8-17,41H2,1-7H3,(H,45,62)(H,46,61)(H,47,65)(H,48,59)(H,49,60)(H,50,63)(H,51,64)(H,52,56)(H,53,66)(H,57,58)(H,67,68)(H4,42,43,44)/t20-,21-,22-,23-,24-,25-,26-,29-,30-/m0/s1. The molecule has 28 nitrogen and oxygen atoms in total. The number of carboxylic acid groups (broad SMARTS) is 2. The Morgan fingerprint density at radius 1 is 0.551 bits per heavy atom. The molecule has 0 saturated carbocycles. The molecule has 0 spiro atoms. The number of hydrogen-bond acceptors (Lipinski definition) is 16. The lowest BCUT2D eigenvalue weighted by Crippen LogP contribution is -2.60. The van der Waals surface area contributed by atoms with Gasteiger partial charge in [-0.1, -0.05) is 27.7 Å². The molecular weight excluding hydrogens is 935 g/mol. The van der Waals surface area contributed by atoms with Gasteiger partial charge in [-0.15, -0.1) is 0 Å². The highest BCUT2D eigenvalue weighted by Gasteiger charge is 2.34. The highest BCUT2D eigenvalue weighted by Crippen LogP contribution is 2.09. The maximum atomic E-state index is 13.6. The van der Waals surface area contributed by atoms with Gasteiger partial charge in [-0.3, -0.25) is 52.9 Å². The molecule has 19 N–H and O–H groups in total. The highest BCUT2D eigenvalue weighted by molar-refractivity contribution is 7.98. The van der Waals surface area contributed by atoms with Gasteiger partial charge in [-0.05, 0) is 63.4 Å². The first-order valence-electron chi connectivity index (χ1n) is 21.9. The quantitative estimate of drug-likeness (QED) is 0.0165. The maximum absolute atomic E-state index is 13.6. The predicted molar refractivity (Wildman–Crippen MR) is 249 cm³/mol. The molecule has 0 rings (SSSR count). The van der Waals surface area contributed by atoms with Gasteiger partial charge < -0.3 is 85.5 Å². The molecule has 69 heavy (non-hydrogen) atoms. The summed E-state index contributed by atoms with van der Waals surface area (Å²) in [7, 11) is 0. The van der Waals surface area contributed by atoms with E-state index in [9.17, 15) is 68.1 Å². The predicted octanol–water partition coefficient (Wildman–Crippen LogP) is -6.60. The van der Waals surface area contributed by atoms with Crippen molar-refractivity contribution in [1.29, 1.82) is 0 Å². The van der Waals surface area contributed by atoms with Crippen molar-refractivity contribution in [3.63, 3.8) is 0 Å². The smallest absolute Gasteiger partial charge is 0.328 e. The van der Waals surface area contributed by atoms with Crippen molar-refractivity contribution < 1.29 is 73.2 Å². The molecule has 0 unspecified atom stereocenters. The second-order valence-electron chi connectivity index (χ2n) is 16.4. The minimum atomic E-state index is -1.62. The minimum absolute atomic E-state index is 0.00170. The van der Waals surface area contributed by atoms with E-state index in [1.807, 2.05) is 0 Å². The summed E-state index contributed by atoms with van der Waals surface area (Å²) < 4.78 is 0. The third kappa shape index (κ3) is 24.5. The van der Waals surface area contributed by atoms with Crippen LogP contribution in [0.25, 0.3) is 0 Å². The first kappa shape index (κ1) is 62.7. The Hall–Kier alpha value is -6.33. The van der Waals surface area contributed by atoms with Gasteiger partial charge in [0.25, 0.3) is 0 Å². The first-order valence-corrected chi connectivity index (χ1v) is 23.3. The van der Waals surface area contributed by atoms with Crippen LogP contribution in [0, 0.1) is 11.8 Å². The Kier molecular flexibility index (Phi) is 29.5. The van der Waals surface area contributed by atoms with Crippen molar-refractivity contribution >= 4 is 82.8 Å². The molecule has 0 aliphatic rings. The van der Waals surface area contributed by atoms with Crippen LogP contribution in [0.4, 0.5) is 0 Å². The Morgan fingerprint density at radius 3 is 1.48 bits per heavy atom. The van der Waals surface area contributed by atoms with Gasteiger partial charge in [-0.2, -0.15) is 11.8 Å². The normalized spacial score (nSPS) is 14.9. The van der Waals surface area contributed by atoms with Crippen molar-refractivity contribution in [2.75, 3.05) is 38.3 Å². The number of amides is 9. The number of nitrogens with one attached hydrogen (secondary N) is 9. The molecule has 0 saturated heterocycles. The largest absolute Gasteiger partial charge is 0.481 e. The Balaban J connectivity index is 6.02. The monoisotopic (exact) mass is 1010 g/mol. The summed E-state index contributed by atoms with van der Waals surface area (Å²) in [5.74, 6) is -11.8. The van der Waals surface area contributed by atoms with Gasteiger partial charge in [0.2, 0.25) is 53.2 Å². The number of carbonyl (C=O) groups excluding carboxylic acids is 9. The number of aliphatic hydroxyl groups is 2. The van der Waals surface area contributed by atoms with Crippen molar-refractivity contribution in [3.8, 4) is 0 Å². The van der Waals surface area contributed by atoms with E-state index in [2.05, 4.69) is 52.8 Å². The number of carbonyl (C=O) groups is 11. The Labute approximate surface area is 403 Å². The van der Waals surface area contributed by atoms with Crippen LogP contribution in [-0.4, -0.2) is 184 Å². The summed E-state index contributed by atoms with van der Waals surface area (Å²) >= 11 is 1.35. The van der Waals surface area contributed by atoms with Crippen molar-refractivity contribution in [1.82, 2.24) is 47.9 Å². The van der Waals surface area contributed by atoms with Gasteiger partial charge in [0.15, 0.2) is 5.96 Å². The Morgan fingerprint density at radius 2 is 1.01 bits per heavy atom. The molecule has 0 aliphatic heterocycles. The van der Waals surface area contributed by atoms with Crippen LogP contribution < -0.4 is 65.1 Å². The second kappa shape index (κ2) is 32.4. The summed E-state index contributed by atoms with van der Waals surface area (Å²) in [5, 5.41) is 58.4. The molecule has 392 valence electrons. The molecule has 0 aromatic carbocycles. The number of hydrogen-bond donors (Lipinski definition) is 16. The number of aliphatic hydroxyl groups excluding tert-OH is 2.